The van der Waals surface area contributed by atoms with Crippen LogP contribution in [-0.4, -0.2) is 20.8 Å². The molecule has 0 aliphatic heterocycles. The molecule has 0 aromatic carbocycles. The summed E-state index contributed by atoms with van der Waals surface area (Å²) in [5, 5.41) is 7.60. The van der Waals surface area contributed by atoms with Crippen molar-refractivity contribution in [3.8, 4) is 11.5 Å². The van der Waals surface area contributed by atoms with E-state index in [1.165, 1.54) is 6.39 Å². The highest BCUT2D eigenvalue weighted by Gasteiger charge is 2.12. The van der Waals surface area contributed by atoms with E-state index < -0.39 is 0 Å². The molecule has 0 bridgehead atoms. The minimum atomic E-state index is 0.424. The zero-order valence-electron chi connectivity index (χ0n) is 9.77. The molecule has 5 heteroatoms. The van der Waals surface area contributed by atoms with E-state index in [-0.39, 0.29) is 0 Å². The maximum atomic E-state index is 5.37. The van der Waals surface area contributed by atoms with Crippen LogP contribution < -0.4 is 5.32 Å². The SMILES string of the molecule is CC(C)NCc1ncoc1-c1ccn(C)n1. The number of oxazole rings is 1. The summed E-state index contributed by atoms with van der Waals surface area (Å²) < 4.78 is 7.12. The largest absolute Gasteiger partial charge is 0.441 e. The number of nitrogens with one attached hydrogen (secondary N) is 1. The highest BCUT2D eigenvalue weighted by atomic mass is 16.3. The van der Waals surface area contributed by atoms with E-state index in [0.717, 1.165) is 17.1 Å². The van der Waals surface area contributed by atoms with Crippen molar-refractivity contribution < 1.29 is 4.42 Å². The lowest BCUT2D eigenvalue weighted by Crippen LogP contribution is -2.22. The van der Waals surface area contributed by atoms with E-state index in [1.807, 2.05) is 19.3 Å². The molecule has 1 N–H and O–H groups in total. The standard InChI is InChI=1S/C11H16N4O/c1-8(2)12-6-10-11(16-7-13-10)9-4-5-15(3)14-9/h4-5,7-8,12H,6H2,1-3H3. The van der Waals surface area contributed by atoms with Crippen molar-refractivity contribution >= 4 is 0 Å². The summed E-state index contributed by atoms with van der Waals surface area (Å²) >= 11 is 0. The van der Waals surface area contributed by atoms with Crippen LogP contribution in [-0.2, 0) is 13.6 Å². The van der Waals surface area contributed by atoms with Crippen LogP contribution in [0.3, 0.4) is 0 Å². The van der Waals surface area contributed by atoms with Crippen molar-refractivity contribution in [2.75, 3.05) is 0 Å². The molecule has 2 heterocycles. The van der Waals surface area contributed by atoms with Gasteiger partial charge in [-0.1, -0.05) is 13.8 Å². The summed E-state index contributed by atoms with van der Waals surface area (Å²) in [4.78, 5) is 4.20. The molecule has 0 atom stereocenters. The Labute approximate surface area is 94.5 Å². The van der Waals surface area contributed by atoms with Gasteiger partial charge in [0.25, 0.3) is 0 Å². The minimum absolute atomic E-state index is 0.424. The highest BCUT2D eigenvalue weighted by molar-refractivity contribution is 5.53. The Morgan fingerprint density at radius 1 is 1.50 bits per heavy atom. The highest BCUT2D eigenvalue weighted by Crippen LogP contribution is 2.20. The van der Waals surface area contributed by atoms with Gasteiger partial charge in [-0.25, -0.2) is 4.98 Å². The predicted octanol–water partition coefficient (Wildman–Crippen LogP) is 1.57. The van der Waals surface area contributed by atoms with Crippen molar-refractivity contribution in [3.05, 3.63) is 24.4 Å². The van der Waals surface area contributed by atoms with E-state index in [2.05, 4.69) is 29.2 Å². The lowest BCUT2D eigenvalue weighted by Gasteiger charge is -2.05. The first-order valence-electron chi connectivity index (χ1n) is 5.32. The lowest BCUT2D eigenvalue weighted by molar-refractivity contribution is 0.559. The van der Waals surface area contributed by atoms with Crippen LogP contribution in [0.2, 0.25) is 0 Å². The molecular formula is C11H16N4O. The van der Waals surface area contributed by atoms with Crippen LogP contribution in [0.25, 0.3) is 11.5 Å². The quantitative estimate of drug-likeness (QED) is 0.849. The normalized spacial score (nSPS) is 11.2. The molecule has 2 aromatic rings. The third-order valence-corrected chi connectivity index (χ3v) is 2.27. The second kappa shape index (κ2) is 4.49. The van der Waals surface area contributed by atoms with E-state index in [0.29, 0.717) is 12.6 Å². The Morgan fingerprint density at radius 2 is 2.31 bits per heavy atom. The van der Waals surface area contributed by atoms with Crippen molar-refractivity contribution in [3.63, 3.8) is 0 Å². The third-order valence-electron chi connectivity index (χ3n) is 2.27. The molecule has 2 rings (SSSR count). The average Bonchev–Trinajstić information content (AvgIpc) is 2.82. The fraction of sp³-hybridized carbons (Fsp3) is 0.455. The van der Waals surface area contributed by atoms with Crippen molar-refractivity contribution in [1.29, 1.82) is 0 Å². The van der Waals surface area contributed by atoms with Gasteiger partial charge in [0.15, 0.2) is 12.2 Å². The maximum absolute atomic E-state index is 5.37. The molecule has 0 aliphatic rings. The first-order valence-corrected chi connectivity index (χ1v) is 5.32. The Bertz CT molecular complexity index is 458. The molecule has 86 valence electrons. The van der Waals surface area contributed by atoms with Gasteiger partial charge in [-0.2, -0.15) is 5.10 Å². The van der Waals surface area contributed by atoms with E-state index in [9.17, 15) is 0 Å². The van der Waals surface area contributed by atoms with Gasteiger partial charge >= 0.3 is 0 Å². The van der Waals surface area contributed by atoms with E-state index >= 15 is 0 Å². The molecule has 2 aromatic heterocycles. The second-order valence-electron chi connectivity index (χ2n) is 4.04. The molecule has 0 aliphatic carbocycles. The van der Waals surface area contributed by atoms with Gasteiger partial charge in [-0.05, 0) is 6.07 Å². The van der Waals surface area contributed by atoms with Crippen LogP contribution in [0.15, 0.2) is 23.1 Å². The predicted molar refractivity (Wildman–Crippen MR) is 60.7 cm³/mol. The molecule has 0 radical (unpaired) electrons. The molecule has 16 heavy (non-hydrogen) atoms. The number of aryl methyl sites for hydroxylation is 1. The first kappa shape index (κ1) is 10.9. The summed E-state index contributed by atoms with van der Waals surface area (Å²) in [6, 6.07) is 2.34. The van der Waals surface area contributed by atoms with Gasteiger partial charge in [0.1, 0.15) is 11.4 Å². The summed E-state index contributed by atoms with van der Waals surface area (Å²) in [6.07, 6.45) is 3.35. The summed E-state index contributed by atoms with van der Waals surface area (Å²) in [7, 11) is 1.88. The Morgan fingerprint density at radius 3 is 2.94 bits per heavy atom. The summed E-state index contributed by atoms with van der Waals surface area (Å²) in [6.45, 7) is 4.89. The number of aromatic nitrogens is 3. The van der Waals surface area contributed by atoms with Gasteiger partial charge in [0, 0.05) is 25.8 Å². The van der Waals surface area contributed by atoms with Gasteiger partial charge in [0.2, 0.25) is 0 Å². The third kappa shape index (κ3) is 2.30. The molecular weight excluding hydrogens is 204 g/mol. The van der Waals surface area contributed by atoms with Gasteiger partial charge in [-0.15, -0.1) is 0 Å². The summed E-state index contributed by atoms with van der Waals surface area (Å²) in [5.41, 5.74) is 1.72. The van der Waals surface area contributed by atoms with Crippen LogP contribution in [0.5, 0.6) is 0 Å². The molecule has 0 saturated heterocycles. The Kier molecular flexibility index (Phi) is 3.05. The molecule has 0 saturated carbocycles. The van der Waals surface area contributed by atoms with Crippen molar-refractivity contribution in [2.24, 2.45) is 7.05 Å². The molecule has 5 nitrogen and oxygen atoms in total. The Hall–Kier alpha value is -1.62. The van der Waals surface area contributed by atoms with E-state index in [1.54, 1.807) is 4.68 Å². The smallest absolute Gasteiger partial charge is 0.181 e. The zero-order chi connectivity index (χ0) is 11.5. The average molecular weight is 220 g/mol. The van der Waals surface area contributed by atoms with Crippen LogP contribution >= 0.6 is 0 Å². The van der Waals surface area contributed by atoms with Gasteiger partial charge < -0.3 is 9.73 Å². The molecule has 0 amide bonds. The van der Waals surface area contributed by atoms with E-state index in [4.69, 9.17) is 4.42 Å². The maximum Gasteiger partial charge on any atom is 0.181 e. The van der Waals surface area contributed by atoms with Gasteiger partial charge in [0.05, 0.1) is 0 Å². The summed E-state index contributed by atoms with van der Waals surface area (Å²) in [5.74, 6) is 0.744. The van der Waals surface area contributed by atoms with Crippen LogP contribution in [0.4, 0.5) is 0 Å². The number of hydrogen-bond donors (Lipinski definition) is 1. The number of rotatable bonds is 4. The monoisotopic (exact) mass is 220 g/mol. The van der Waals surface area contributed by atoms with Crippen molar-refractivity contribution in [2.45, 2.75) is 26.4 Å². The molecule has 0 fully saturated rings. The zero-order valence-corrected chi connectivity index (χ0v) is 9.77. The van der Waals surface area contributed by atoms with Crippen molar-refractivity contribution in [1.82, 2.24) is 20.1 Å². The Balaban J connectivity index is 2.19. The number of hydrogen-bond acceptors (Lipinski definition) is 4. The second-order valence-corrected chi connectivity index (χ2v) is 4.04. The first-order chi connectivity index (χ1) is 7.66. The lowest BCUT2D eigenvalue weighted by atomic mass is 10.2. The fourth-order valence-corrected chi connectivity index (χ4v) is 1.44. The van der Waals surface area contributed by atoms with Crippen LogP contribution in [0, 0.1) is 0 Å². The minimum Gasteiger partial charge on any atom is -0.441 e. The topological polar surface area (TPSA) is 55.9 Å². The number of nitrogens with zero attached hydrogens (tertiary/aromatic N) is 3. The molecule has 0 unspecified atom stereocenters. The molecule has 0 spiro atoms. The fourth-order valence-electron chi connectivity index (χ4n) is 1.44. The van der Waals surface area contributed by atoms with Crippen LogP contribution in [0.1, 0.15) is 19.5 Å². The van der Waals surface area contributed by atoms with Gasteiger partial charge in [-0.3, -0.25) is 4.68 Å².